The zero-order valence-corrected chi connectivity index (χ0v) is 43.0. The molecule has 0 aliphatic rings. The second kappa shape index (κ2) is 20.9. The van der Waals surface area contributed by atoms with Gasteiger partial charge in [0.25, 0.3) is 20.2 Å². The van der Waals surface area contributed by atoms with E-state index in [2.05, 4.69) is 21.3 Å². The Morgan fingerprint density at radius 2 is 0.571 bits per heavy atom. The Balaban J connectivity index is 0.000000254. The minimum Gasteiger partial charge on any atom is -0.744 e. The van der Waals surface area contributed by atoms with Crippen LogP contribution in [-0.2, 0) is 40.5 Å². The van der Waals surface area contributed by atoms with Crippen molar-refractivity contribution in [3.8, 4) is 23.0 Å². The third kappa shape index (κ3) is 12.9. The Kier molecular flexibility index (Phi) is 16.4. The van der Waals surface area contributed by atoms with Crippen molar-refractivity contribution >= 4 is 118 Å². The molecule has 0 spiro atoms. The number of amides is 4. The van der Waals surface area contributed by atoms with Crippen LogP contribution in [0.1, 0.15) is 0 Å². The molecule has 0 aliphatic heterocycles. The number of fused-ring (bicyclic) bond motifs is 4. The molecule has 0 aliphatic carbocycles. The molecule has 8 aromatic carbocycles. The molecule has 4 amide bonds. The van der Waals surface area contributed by atoms with E-state index in [4.69, 9.17) is 0 Å². The number of nitrogens with one attached hydrogen (secondary N) is 4. The summed E-state index contributed by atoms with van der Waals surface area (Å²) in [7, 11) is -18.7. The molecule has 8 aromatic rings. The van der Waals surface area contributed by atoms with E-state index in [1.807, 2.05) is 0 Å². The first-order chi connectivity index (χ1) is 31.6. The van der Waals surface area contributed by atoms with Crippen molar-refractivity contribution in [2.24, 2.45) is 0 Å². The number of hydrogen-bond donors (Lipinski definition) is 10. The second-order valence-electron chi connectivity index (χ2n) is 14.5. The van der Waals surface area contributed by atoms with Gasteiger partial charge in [-0.25, -0.2) is 26.4 Å². The first kappa shape index (κ1) is 55.1. The molecule has 0 aromatic heterocycles. The van der Waals surface area contributed by atoms with Crippen LogP contribution >= 0.6 is 0 Å². The largest absolute Gasteiger partial charge is 1.00 e. The number of anilines is 4. The number of rotatable bonds is 8. The van der Waals surface area contributed by atoms with E-state index in [1.165, 1.54) is 72.8 Å². The molecular weight excluding hydrogens is 1020 g/mol. The van der Waals surface area contributed by atoms with Crippen molar-refractivity contribution in [2.75, 3.05) is 21.3 Å². The van der Waals surface area contributed by atoms with Crippen LogP contribution in [0, 0.1) is 0 Å². The van der Waals surface area contributed by atoms with E-state index in [-0.39, 0.29) is 136 Å². The Morgan fingerprint density at radius 1 is 0.357 bits per heavy atom. The maximum absolute atomic E-state index is 12.4. The minimum atomic E-state index is -4.81. The SMILES string of the molecule is O=C(Nc1ccc2c(O)cc(S(=O)(=O)[O-])cc2c1)Nc1ccc2c(O)cc(S(=O)(=O)O)cc2c1.O=C(Nc1ccc2c(O)cc(S(=O)(=O)[O-])cc2c1)Nc1ccc2c(O)cc(S(=O)(=O)O)cc2c1.[Na+].[Na+]. The average Bonchev–Trinajstić information content (AvgIpc) is 3.22. The van der Waals surface area contributed by atoms with Crippen molar-refractivity contribution in [3.63, 3.8) is 0 Å². The van der Waals surface area contributed by atoms with E-state index < -0.39 is 83.6 Å². The number of benzene rings is 8. The molecule has 0 radical (unpaired) electrons. The molecule has 10 N–H and O–H groups in total. The molecule has 0 bridgehead atoms. The normalized spacial score (nSPS) is 11.7. The Bertz CT molecular complexity index is 3420. The summed E-state index contributed by atoms with van der Waals surface area (Å²) < 4.78 is 132. The molecule has 28 heteroatoms. The number of urea groups is 2. The van der Waals surface area contributed by atoms with Crippen LogP contribution in [-0.4, -0.2) is 84.4 Å². The van der Waals surface area contributed by atoms with Crippen molar-refractivity contribution in [2.45, 2.75) is 19.6 Å². The molecular formula is C42H30N4Na2O18S4. The summed E-state index contributed by atoms with van der Waals surface area (Å²) in [6.45, 7) is 0. The number of carbonyl (C=O) groups is 2. The summed E-state index contributed by atoms with van der Waals surface area (Å²) in [6, 6.07) is 23.5. The fraction of sp³-hybridized carbons (Fsp3) is 0. The van der Waals surface area contributed by atoms with E-state index in [1.54, 1.807) is 0 Å². The predicted molar refractivity (Wildman–Crippen MR) is 243 cm³/mol. The van der Waals surface area contributed by atoms with Gasteiger partial charge in [-0.15, -0.1) is 0 Å². The topological polar surface area (TPSA) is 386 Å². The summed E-state index contributed by atoms with van der Waals surface area (Å²) in [5.41, 5.74) is 0.902. The van der Waals surface area contributed by atoms with Crippen molar-refractivity contribution in [3.05, 3.63) is 121 Å². The van der Waals surface area contributed by atoms with Crippen LogP contribution in [0.2, 0.25) is 0 Å². The smallest absolute Gasteiger partial charge is 0.744 e. The molecule has 352 valence electrons. The molecule has 0 unspecified atom stereocenters. The van der Waals surface area contributed by atoms with E-state index >= 15 is 0 Å². The molecule has 0 saturated heterocycles. The van der Waals surface area contributed by atoms with Crippen LogP contribution in [0.4, 0.5) is 32.3 Å². The van der Waals surface area contributed by atoms with Gasteiger partial charge >= 0.3 is 71.2 Å². The summed E-state index contributed by atoms with van der Waals surface area (Å²) >= 11 is 0. The van der Waals surface area contributed by atoms with E-state index in [0.29, 0.717) is 0 Å². The predicted octanol–water partition coefficient (Wildman–Crippen LogP) is 0.406. The minimum absolute atomic E-state index is 0. The zero-order chi connectivity index (χ0) is 49.7. The zero-order valence-electron chi connectivity index (χ0n) is 35.8. The van der Waals surface area contributed by atoms with Gasteiger partial charge in [0.1, 0.15) is 43.2 Å². The third-order valence-corrected chi connectivity index (χ3v) is 13.1. The van der Waals surface area contributed by atoms with Gasteiger partial charge in [0, 0.05) is 56.4 Å². The number of carbonyl (C=O) groups excluding carboxylic acids is 2. The summed E-state index contributed by atoms with van der Waals surface area (Å²) in [5, 5.41) is 52.0. The van der Waals surface area contributed by atoms with Gasteiger partial charge in [-0.2, -0.15) is 16.8 Å². The average molecular weight is 1050 g/mol. The van der Waals surface area contributed by atoms with Crippen LogP contribution in [0.25, 0.3) is 43.1 Å². The first-order valence-corrected chi connectivity index (χ1v) is 24.4. The summed E-state index contributed by atoms with van der Waals surface area (Å²) in [6.07, 6.45) is 0. The third-order valence-electron chi connectivity index (χ3n) is 9.82. The van der Waals surface area contributed by atoms with Gasteiger partial charge in [0.05, 0.1) is 19.6 Å². The quantitative estimate of drug-likeness (QED) is 0.0727. The van der Waals surface area contributed by atoms with Gasteiger partial charge in [-0.05, 0) is 131 Å². The van der Waals surface area contributed by atoms with Crippen molar-refractivity contribution in [1.29, 1.82) is 0 Å². The van der Waals surface area contributed by atoms with Gasteiger partial charge in [-0.3, -0.25) is 9.11 Å². The first-order valence-electron chi connectivity index (χ1n) is 18.7. The van der Waals surface area contributed by atoms with E-state index in [9.17, 15) is 81.9 Å². The maximum atomic E-state index is 12.4. The van der Waals surface area contributed by atoms with Crippen molar-refractivity contribution < 1.29 is 141 Å². The number of hydrogen-bond acceptors (Lipinski definition) is 16. The fourth-order valence-electron chi connectivity index (χ4n) is 6.78. The van der Waals surface area contributed by atoms with Crippen LogP contribution in [0.15, 0.2) is 141 Å². The van der Waals surface area contributed by atoms with Gasteiger partial charge in [0.2, 0.25) is 0 Å². The molecule has 0 atom stereocenters. The van der Waals surface area contributed by atoms with Crippen LogP contribution < -0.4 is 80.4 Å². The molecule has 22 nitrogen and oxygen atoms in total. The standard InChI is InChI=1S/2C21H16N2O9S2.2Na/c2*24-19-9-15(33(27,28)29)7-11-5-13(1-3-17(11)19)22-21(26)23-14-2-4-18-12(6-14)8-16(10-20(18)25)34(30,31)32;;/h2*1-10,24-25H,(H2,22,23,26)(H,27,28,29)(H,30,31,32);;/q;;2*+1/p-2. The van der Waals surface area contributed by atoms with E-state index in [0.717, 1.165) is 48.5 Å². The second-order valence-corrected chi connectivity index (χ2v) is 20.1. The Morgan fingerprint density at radius 3 is 0.786 bits per heavy atom. The number of phenols is 4. The monoisotopic (exact) mass is 1050 g/mol. The molecule has 0 saturated carbocycles. The van der Waals surface area contributed by atoms with Crippen molar-refractivity contribution in [1.82, 2.24) is 0 Å². The fourth-order valence-corrected chi connectivity index (χ4v) is 8.90. The van der Waals surface area contributed by atoms with Crippen LogP contribution in [0.3, 0.4) is 0 Å². The van der Waals surface area contributed by atoms with Crippen LogP contribution in [0.5, 0.6) is 23.0 Å². The van der Waals surface area contributed by atoms with Gasteiger partial charge < -0.3 is 50.8 Å². The number of aromatic hydroxyl groups is 4. The number of phenolic OH excluding ortho intramolecular Hbond substituents is 4. The maximum Gasteiger partial charge on any atom is 1.00 e. The summed E-state index contributed by atoms with van der Waals surface area (Å²) in [5.74, 6) is -1.57. The molecule has 0 heterocycles. The summed E-state index contributed by atoms with van der Waals surface area (Å²) in [4.78, 5) is 22.6. The molecule has 8 rings (SSSR count). The Hall–Kier alpha value is -5.82. The molecule has 0 fully saturated rings. The van der Waals surface area contributed by atoms with Gasteiger partial charge in [-0.1, -0.05) is 0 Å². The Labute approximate surface area is 440 Å². The molecule has 70 heavy (non-hydrogen) atoms. The van der Waals surface area contributed by atoms with Gasteiger partial charge in [0.15, 0.2) is 0 Å².